The number of carbonyl (C=O) groups excluding carboxylic acids is 2. The smallest absolute Gasteiger partial charge is 0.317 e. The van der Waals surface area contributed by atoms with E-state index < -0.39 is 11.4 Å². The van der Waals surface area contributed by atoms with Gasteiger partial charge in [-0.05, 0) is 26.7 Å². The predicted octanol–water partition coefficient (Wildman–Crippen LogP) is 1.43. The molecule has 0 aliphatic rings. The third kappa shape index (κ3) is 2.65. The van der Waals surface area contributed by atoms with Gasteiger partial charge in [0.1, 0.15) is 17.0 Å². The molecule has 0 aliphatic heterocycles. The molecule has 80 valence electrons. The number of carboxylic acids is 1. The molecule has 0 heterocycles. The maximum atomic E-state index is 11.3. The molecular formula is C10H16O4. The molecule has 1 N–H and O–H groups in total. The molecule has 0 radical (unpaired) electrons. The summed E-state index contributed by atoms with van der Waals surface area (Å²) in [6.07, 6.45) is 0.466. The van der Waals surface area contributed by atoms with Crippen molar-refractivity contribution in [3.8, 4) is 0 Å². The zero-order valence-corrected chi connectivity index (χ0v) is 8.79. The second-order valence-corrected chi connectivity index (χ2v) is 3.50. The molecule has 4 nitrogen and oxygen atoms in total. The van der Waals surface area contributed by atoms with Gasteiger partial charge in [-0.25, -0.2) is 0 Å². The lowest BCUT2D eigenvalue weighted by Gasteiger charge is -2.24. The van der Waals surface area contributed by atoms with Crippen LogP contribution in [0.25, 0.3) is 0 Å². The minimum atomic E-state index is -1.37. The Morgan fingerprint density at radius 3 is 1.93 bits per heavy atom. The quantitative estimate of drug-likeness (QED) is 0.658. The Labute approximate surface area is 83.3 Å². The van der Waals surface area contributed by atoms with Crippen LogP contribution in [0.15, 0.2) is 0 Å². The van der Waals surface area contributed by atoms with Crippen LogP contribution in [0, 0.1) is 5.41 Å². The molecule has 14 heavy (non-hydrogen) atoms. The molecule has 0 aromatic carbocycles. The van der Waals surface area contributed by atoms with E-state index in [1.807, 2.05) is 0 Å². The van der Waals surface area contributed by atoms with Crippen LogP contribution >= 0.6 is 0 Å². The first-order valence-electron chi connectivity index (χ1n) is 4.60. The number of hydrogen-bond acceptors (Lipinski definition) is 3. The number of Topliss-reactive ketones (excluding diaryl/α,β-unsaturated/α-hetero) is 2. The first kappa shape index (κ1) is 12.8. The van der Waals surface area contributed by atoms with E-state index in [2.05, 4.69) is 0 Å². The summed E-state index contributed by atoms with van der Waals surface area (Å²) in [5, 5.41) is 8.97. The van der Waals surface area contributed by atoms with Crippen molar-refractivity contribution >= 4 is 17.5 Å². The third-order valence-corrected chi connectivity index (χ3v) is 2.59. The predicted molar refractivity (Wildman–Crippen MR) is 51.0 cm³/mol. The molecule has 0 unspecified atom stereocenters. The summed E-state index contributed by atoms with van der Waals surface area (Å²) >= 11 is 0. The van der Waals surface area contributed by atoms with Gasteiger partial charge in [-0.3, -0.25) is 9.59 Å². The van der Waals surface area contributed by atoms with E-state index in [0.717, 1.165) is 0 Å². The van der Waals surface area contributed by atoms with Crippen LogP contribution < -0.4 is 0 Å². The van der Waals surface area contributed by atoms with Gasteiger partial charge in [0.05, 0.1) is 0 Å². The zero-order valence-electron chi connectivity index (χ0n) is 8.79. The van der Waals surface area contributed by atoms with Crippen molar-refractivity contribution in [1.82, 2.24) is 0 Å². The van der Waals surface area contributed by atoms with Crippen molar-refractivity contribution in [2.24, 2.45) is 5.41 Å². The molecule has 0 aromatic heterocycles. The molecular weight excluding hydrogens is 184 g/mol. The Kier molecular flexibility index (Phi) is 4.47. The molecule has 0 bridgehead atoms. The van der Waals surface area contributed by atoms with E-state index in [4.69, 9.17) is 5.11 Å². The number of ketones is 2. The Hall–Kier alpha value is -1.19. The SMILES string of the molecule is CC[C@](CCC(C)=O)(C(C)=O)C(=O)O. The van der Waals surface area contributed by atoms with E-state index in [1.165, 1.54) is 13.8 Å². The van der Waals surface area contributed by atoms with Gasteiger partial charge in [-0.2, -0.15) is 0 Å². The van der Waals surface area contributed by atoms with Crippen molar-refractivity contribution in [3.05, 3.63) is 0 Å². The molecule has 0 fully saturated rings. The summed E-state index contributed by atoms with van der Waals surface area (Å²) in [4.78, 5) is 33.0. The number of aliphatic carboxylic acids is 1. The Bertz CT molecular complexity index is 241. The van der Waals surface area contributed by atoms with E-state index in [9.17, 15) is 14.4 Å². The van der Waals surface area contributed by atoms with Crippen LogP contribution in [0.2, 0.25) is 0 Å². The fourth-order valence-electron chi connectivity index (χ4n) is 1.40. The third-order valence-electron chi connectivity index (χ3n) is 2.59. The summed E-state index contributed by atoms with van der Waals surface area (Å²) in [7, 11) is 0. The number of carboxylic acid groups (broad SMARTS) is 1. The largest absolute Gasteiger partial charge is 0.480 e. The van der Waals surface area contributed by atoms with Crippen molar-refractivity contribution < 1.29 is 19.5 Å². The van der Waals surface area contributed by atoms with Gasteiger partial charge in [-0.15, -0.1) is 0 Å². The second-order valence-electron chi connectivity index (χ2n) is 3.50. The highest BCUT2D eigenvalue weighted by Crippen LogP contribution is 2.29. The van der Waals surface area contributed by atoms with E-state index in [1.54, 1.807) is 6.92 Å². The number of hydrogen-bond donors (Lipinski definition) is 1. The molecule has 1 atom stereocenters. The van der Waals surface area contributed by atoms with Crippen molar-refractivity contribution in [3.63, 3.8) is 0 Å². The minimum Gasteiger partial charge on any atom is -0.480 e. The highest BCUT2D eigenvalue weighted by Gasteiger charge is 2.41. The maximum absolute atomic E-state index is 11.3. The van der Waals surface area contributed by atoms with Crippen molar-refractivity contribution in [2.75, 3.05) is 0 Å². The van der Waals surface area contributed by atoms with Gasteiger partial charge in [-0.1, -0.05) is 6.92 Å². The summed E-state index contributed by atoms with van der Waals surface area (Å²) < 4.78 is 0. The van der Waals surface area contributed by atoms with Crippen LogP contribution in [-0.4, -0.2) is 22.6 Å². The summed E-state index contributed by atoms with van der Waals surface area (Å²) in [5.74, 6) is -1.60. The first-order valence-corrected chi connectivity index (χ1v) is 4.60. The highest BCUT2D eigenvalue weighted by molar-refractivity contribution is 6.02. The lowest BCUT2D eigenvalue weighted by Crippen LogP contribution is -2.37. The Morgan fingerprint density at radius 1 is 1.21 bits per heavy atom. The second kappa shape index (κ2) is 4.88. The molecule has 0 rings (SSSR count). The Balaban J connectivity index is 4.77. The molecule has 4 heteroatoms. The fraction of sp³-hybridized carbons (Fsp3) is 0.700. The summed E-state index contributed by atoms with van der Waals surface area (Å²) in [5.41, 5.74) is -1.37. The number of carbonyl (C=O) groups is 3. The monoisotopic (exact) mass is 200 g/mol. The fourth-order valence-corrected chi connectivity index (χ4v) is 1.40. The normalized spacial score (nSPS) is 14.5. The molecule has 0 amide bonds. The van der Waals surface area contributed by atoms with E-state index >= 15 is 0 Å². The van der Waals surface area contributed by atoms with Crippen LogP contribution in [-0.2, 0) is 14.4 Å². The van der Waals surface area contributed by atoms with Gasteiger partial charge in [0.15, 0.2) is 0 Å². The molecule has 0 saturated heterocycles. The van der Waals surface area contributed by atoms with Crippen LogP contribution in [0.4, 0.5) is 0 Å². The van der Waals surface area contributed by atoms with E-state index in [0.29, 0.717) is 0 Å². The minimum absolute atomic E-state index is 0.0923. The number of rotatable bonds is 6. The molecule has 0 saturated carbocycles. The van der Waals surface area contributed by atoms with Gasteiger partial charge in [0, 0.05) is 6.42 Å². The van der Waals surface area contributed by atoms with Crippen LogP contribution in [0.1, 0.15) is 40.0 Å². The highest BCUT2D eigenvalue weighted by atomic mass is 16.4. The first-order chi connectivity index (χ1) is 6.36. The molecule has 0 aliphatic carbocycles. The summed E-state index contributed by atoms with van der Waals surface area (Å²) in [6, 6.07) is 0. The standard InChI is InChI=1S/C10H16O4/c1-4-10(8(3)12,9(13)14)6-5-7(2)11/h4-6H2,1-3H3,(H,13,14)/t10-/m0/s1. The van der Waals surface area contributed by atoms with Gasteiger partial charge < -0.3 is 9.90 Å². The average Bonchev–Trinajstić information content (AvgIpc) is 2.04. The van der Waals surface area contributed by atoms with Gasteiger partial charge >= 0.3 is 5.97 Å². The van der Waals surface area contributed by atoms with E-state index in [-0.39, 0.29) is 30.8 Å². The molecule has 0 spiro atoms. The molecule has 0 aromatic rings. The Morgan fingerprint density at radius 2 is 1.71 bits per heavy atom. The zero-order chi connectivity index (χ0) is 11.4. The lowest BCUT2D eigenvalue weighted by molar-refractivity contribution is -0.155. The average molecular weight is 200 g/mol. The van der Waals surface area contributed by atoms with Crippen LogP contribution in [0.3, 0.4) is 0 Å². The van der Waals surface area contributed by atoms with Gasteiger partial charge in [0.2, 0.25) is 0 Å². The van der Waals surface area contributed by atoms with Gasteiger partial charge in [0.25, 0.3) is 0 Å². The van der Waals surface area contributed by atoms with Crippen molar-refractivity contribution in [1.29, 1.82) is 0 Å². The topological polar surface area (TPSA) is 71.4 Å². The summed E-state index contributed by atoms with van der Waals surface area (Å²) in [6.45, 7) is 4.30. The van der Waals surface area contributed by atoms with Crippen LogP contribution in [0.5, 0.6) is 0 Å². The lowest BCUT2D eigenvalue weighted by atomic mass is 9.77. The maximum Gasteiger partial charge on any atom is 0.317 e. The van der Waals surface area contributed by atoms with Crippen molar-refractivity contribution in [2.45, 2.75) is 40.0 Å².